The molecular formula is C27H30ClN3O6S. The van der Waals surface area contributed by atoms with E-state index in [1.807, 2.05) is 25.1 Å². The fraction of sp³-hybridized carbons (Fsp3) is 0.259. The zero-order valence-corrected chi connectivity index (χ0v) is 23.1. The van der Waals surface area contributed by atoms with Gasteiger partial charge in [-0.25, -0.2) is 13.8 Å². The maximum Gasteiger partial charge on any atom is 0.263 e. The Kier molecular flexibility index (Phi) is 9.98. The largest absolute Gasteiger partial charge is 0.497 e. The Morgan fingerprint density at radius 1 is 1.08 bits per heavy atom. The van der Waals surface area contributed by atoms with Crippen LogP contribution in [-0.2, 0) is 21.4 Å². The van der Waals surface area contributed by atoms with Crippen molar-refractivity contribution in [3.05, 3.63) is 82.9 Å². The van der Waals surface area contributed by atoms with Crippen molar-refractivity contribution >= 4 is 39.4 Å². The van der Waals surface area contributed by atoms with Crippen LogP contribution in [0.5, 0.6) is 17.2 Å². The van der Waals surface area contributed by atoms with E-state index in [-0.39, 0.29) is 0 Å². The second-order valence-electron chi connectivity index (χ2n) is 8.22. The molecule has 0 fully saturated rings. The van der Waals surface area contributed by atoms with E-state index in [9.17, 15) is 13.2 Å². The van der Waals surface area contributed by atoms with E-state index in [1.54, 1.807) is 48.5 Å². The number of carbonyl (C=O) groups is 1. The van der Waals surface area contributed by atoms with Gasteiger partial charge in [-0.3, -0.25) is 9.10 Å². The Morgan fingerprint density at radius 2 is 1.82 bits per heavy atom. The molecule has 202 valence electrons. The van der Waals surface area contributed by atoms with Crippen LogP contribution in [0.2, 0.25) is 5.02 Å². The summed E-state index contributed by atoms with van der Waals surface area (Å²) in [6.45, 7) is 4.08. The fourth-order valence-electron chi connectivity index (χ4n) is 3.58. The Bertz CT molecular complexity index is 1380. The fourth-order valence-corrected chi connectivity index (χ4v) is 4.97. The van der Waals surface area contributed by atoms with Crippen LogP contribution in [0.25, 0.3) is 0 Å². The number of hydrazone groups is 1. The molecule has 1 amide bonds. The molecule has 0 aliphatic rings. The van der Waals surface area contributed by atoms with E-state index in [4.69, 9.17) is 25.8 Å². The molecule has 0 radical (unpaired) electrons. The molecule has 0 saturated heterocycles. The van der Waals surface area contributed by atoms with Crippen molar-refractivity contribution < 1.29 is 27.4 Å². The molecule has 9 nitrogen and oxygen atoms in total. The van der Waals surface area contributed by atoms with Crippen molar-refractivity contribution in [1.82, 2.24) is 5.43 Å². The predicted molar refractivity (Wildman–Crippen MR) is 149 cm³/mol. The third-order valence-electron chi connectivity index (χ3n) is 5.35. The van der Waals surface area contributed by atoms with E-state index in [0.29, 0.717) is 46.7 Å². The van der Waals surface area contributed by atoms with Crippen molar-refractivity contribution in [2.75, 3.05) is 24.3 Å². The standard InChI is InChI=1S/C27H30ClN3O6S/c1-5-36-26-16-20(9-14-25(26)37-18-21-7-6-8-22(28)15-21)17-29-30-27(32)19(2)31(38(4,33)34)23-10-12-24(35-3)13-11-23/h6-17,19H,5,18H2,1-4H3,(H,30,32)/b29-17+. The SMILES string of the molecule is CCOc1cc(/C=N/NC(=O)C(C)N(c2ccc(OC)cc2)S(C)(=O)=O)ccc1OCc1cccc(Cl)c1. The number of ether oxygens (including phenoxy) is 3. The van der Waals surface area contributed by atoms with Crippen LogP contribution in [0, 0.1) is 0 Å². The minimum absolute atomic E-state index is 0.313. The summed E-state index contributed by atoms with van der Waals surface area (Å²) in [4.78, 5) is 12.8. The zero-order valence-electron chi connectivity index (χ0n) is 21.5. The topological polar surface area (TPSA) is 107 Å². The van der Waals surface area contributed by atoms with Gasteiger partial charge in [-0.05, 0) is 79.6 Å². The normalized spacial score (nSPS) is 12.1. The first-order chi connectivity index (χ1) is 18.1. The van der Waals surface area contributed by atoms with Crippen molar-refractivity contribution in [3.63, 3.8) is 0 Å². The number of sulfonamides is 1. The molecule has 38 heavy (non-hydrogen) atoms. The molecule has 1 atom stereocenters. The summed E-state index contributed by atoms with van der Waals surface area (Å²) >= 11 is 6.04. The predicted octanol–water partition coefficient (Wildman–Crippen LogP) is 4.63. The molecule has 0 saturated carbocycles. The maximum atomic E-state index is 12.8. The number of anilines is 1. The Balaban J connectivity index is 1.69. The molecule has 1 unspecified atom stereocenters. The van der Waals surface area contributed by atoms with Gasteiger partial charge in [0.05, 0.1) is 31.9 Å². The molecule has 3 aromatic rings. The van der Waals surface area contributed by atoms with E-state index >= 15 is 0 Å². The lowest BCUT2D eigenvalue weighted by Gasteiger charge is -2.27. The lowest BCUT2D eigenvalue weighted by molar-refractivity contribution is -0.121. The highest BCUT2D eigenvalue weighted by Gasteiger charge is 2.29. The number of amides is 1. The Labute approximate surface area is 228 Å². The number of nitrogens with zero attached hydrogens (tertiary/aromatic N) is 2. The minimum Gasteiger partial charge on any atom is -0.497 e. The van der Waals surface area contributed by atoms with Gasteiger partial charge in [0.1, 0.15) is 18.4 Å². The number of carbonyl (C=O) groups excluding carboxylic acids is 1. The smallest absolute Gasteiger partial charge is 0.263 e. The third-order valence-corrected chi connectivity index (χ3v) is 6.83. The van der Waals surface area contributed by atoms with Gasteiger partial charge >= 0.3 is 0 Å². The van der Waals surface area contributed by atoms with Crippen molar-refractivity contribution in [3.8, 4) is 17.2 Å². The van der Waals surface area contributed by atoms with Gasteiger partial charge in [0.15, 0.2) is 11.5 Å². The van der Waals surface area contributed by atoms with Crippen molar-refractivity contribution in [2.45, 2.75) is 26.5 Å². The van der Waals surface area contributed by atoms with Crippen LogP contribution in [0.15, 0.2) is 71.8 Å². The quantitative estimate of drug-likeness (QED) is 0.256. The molecule has 0 spiro atoms. The molecule has 0 bridgehead atoms. The molecule has 3 aromatic carbocycles. The van der Waals surface area contributed by atoms with Crippen LogP contribution in [0.4, 0.5) is 5.69 Å². The van der Waals surface area contributed by atoms with E-state index in [2.05, 4.69) is 10.5 Å². The highest BCUT2D eigenvalue weighted by atomic mass is 35.5. The molecule has 0 aliphatic carbocycles. The summed E-state index contributed by atoms with van der Waals surface area (Å²) in [5.41, 5.74) is 4.30. The van der Waals surface area contributed by atoms with Crippen LogP contribution >= 0.6 is 11.6 Å². The maximum absolute atomic E-state index is 12.8. The molecule has 0 aromatic heterocycles. The second-order valence-corrected chi connectivity index (χ2v) is 10.5. The van der Waals surface area contributed by atoms with E-state index in [0.717, 1.165) is 16.1 Å². The number of nitrogens with one attached hydrogen (secondary N) is 1. The molecule has 11 heteroatoms. The molecular weight excluding hydrogens is 530 g/mol. The van der Waals surface area contributed by atoms with Gasteiger partial charge < -0.3 is 14.2 Å². The van der Waals surface area contributed by atoms with Crippen LogP contribution in [0.1, 0.15) is 25.0 Å². The summed E-state index contributed by atoms with van der Waals surface area (Å²) in [5.74, 6) is 1.02. The molecule has 3 rings (SSSR count). The first kappa shape index (κ1) is 28.8. The number of methoxy groups -OCH3 is 1. The first-order valence-corrected chi connectivity index (χ1v) is 14.0. The van der Waals surface area contributed by atoms with Gasteiger partial charge in [0.2, 0.25) is 10.0 Å². The van der Waals surface area contributed by atoms with Gasteiger partial charge in [0, 0.05) is 5.02 Å². The third kappa shape index (κ3) is 7.87. The average Bonchev–Trinajstić information content (AvgIpc) is 2.88. The first-order valence-electron chi connectivity index (χ1n) is 11.7. The number of hydrogen-bond acceptors (Lipinski definition) is 7. The van der Waals surface area contributed by atoms with E-state index < -0.39 is 22.0 Å². The zero-order chi connectivity index (χ0) is 27.7. The second kappa shape index (κ2) is 13.2. The minimum atomic E-state index is -3.76. The van der Waals surface area contributed by atoms with Crippen LogP contribution in [-0.4, -0.2) is 46.6 Å². The summed E-state index contributed by atoms with van der Waals surface area (Å²) < 4.78 is 42.7. The number of rotatable bonds is 12. The number of benzene rings is 3. The van der Waals surface area contributed by atoms with Gasteiger partial charge in [-0.2, -0.15) is 5.10 Å². The van der Waals surface area contributed by atoms with Crippen molar-refractivity contribution in [1.29, 1.82) is 0 Å². The Morgan fingerprint density at radius 3 is 2.45 bits per heavy atom. The van der Waals surface area contributed by atoms with Crippen LogP contribution in [0.3, 0.4) is 0 Å². The Hall–Kier alpha value is -3.76. The average molecular weight is 560 g/mol. The van der Waals surface area contributed by atoms with Gasteiger partial charge in [-0.1, -0.05) is 23.7 Å². The molecule has 0 heterocycles. The van der Waals surface area contributed by atoms with E-state index in [1.165, 1.54) is 20.2 Å². The lowest BCUT2D eigenvalue weighted by Crippen LogP contribution is -2.46. The summed E-state index contributed by atoms with van der Waals surface area (Å²) in [5, 5.41) is 4.63. The number of halogens is 1. The molecule has 1 N–H and O–H groups in total. The molecule has 0 aliphatic heterocycles. The highest BCUT2D eigenvalue weighted by molar-refractivity contribution is 7.92. The monoisotopic (exact) mass is 559 g/mol. The van der Waals surface area contributed by atoms with Crippen molar-refractivity contribution in [2.24, 2.45) is 5.10 Å². The summed E-state index contributed by atoms with van der Waals surface area (Å²) in [6, 6.07) is 17.9. The van der Waals surface area contributed by atoms with Gasteiger partial charge in [-0.15, -0.1) is 0 Å². The van der Waals surface area contributed by atoms with Crippen LogP contribution < -0.4 is 23.9 Å². The van der Waals surface area contributed by atoms with Gasteiger partial charge in [0.25, 0.3) is 5.91 Å². The highest BCUT2D eigenvalue weighted by Crippen LogP contribution is 2.29. The summed E-state index contributed by atoms with van der Waals surface area (Å²) in [6.07, 6.45) is 2.47. The lowest BCUT2D eigenvalue weighted by atomic mass is 10.2. The number of hydrogen-bond donors (Lipinski definition) is 1. The summed E-state index contributed by atoms with van der Waals surface area (Å²) in [7, 11) is -2.25.